The molecule has 0 atom stereocenters. The molecular weight excluding hydrogens is 617 g/mol. The summed E-state index contributed by atoms with van der Waals surface area (Å²) in [5.74, 6) is 0. The Morgan fingerprint density at radius 1 is 0.360 bits per heavy atom. The normalized spacial score (nSPS) is 9.64. The van der Waals surface area contributed by atoms with Gasteiger partial charge in [0.25, 0.3) is 0 Å². The summed E-state index contributed by atoms with van der Waals surface area (Å²) in [6.45, 7) is 1.11. The van der Waals surface area contributed by atoms with E-state index in [0.29, 0.717) is 24.2 Å². The average Bonchev–Trinajstić information content (AvgIpc) is 3.18. The summed E-state index contributed by atoms with van der Waals surface area (Å²) < 4.78 is 0. The van der Waals surface area contributed by atoms with E-state index in [4.69, 9.17) is 0 Å². The van der Waals surface area contributed by atoms with Gasteiger partial charge in [0.1, 0.15) is 47.6 Å². The number of anilines is 4. The van der Waals surface area contributed by atoms with E-state index >= 15 is 0 Å². The maximum absolute atomic E-state index is 9.59. The second-order valence-corrected chi connectivity index (χ2v) is 10.9. The molecule has 5 rings (SSSR count). The molecule has 0 radical (unpaired) electrons. The zero-order chi connectivity index (χ0) is 35.3. The van der Waals surface area contributed by atoms with Gasteiger partial charge >= 0.3 is 0 Å². The first-order valence-electron chi connectivity index (χ1n) is 15.4. The van der Waals surface area contributed by atoms with Crippen LogP contribution in [0.1, 0.15) is 22.3 Å². The minimum atomic E-state index is -0.224. The van der Waals surface area contributed by atoms with E-state index in [9.17, 15) is 31.6 Å². The Hall–Kier alpha value is -7.88. The fraction of sp³-hybridized carbons (Fsp3) is 0.0476. The van der Waals surface area contributed by atoms with Crippen LogP contribution in [-0.2, 0) is 13.1 Å². The Balaban J connectivity index is 1.42. The topological polar surface area (TPSA) is 149 Å². The molecule has 234 valence electrons. The number of allylic oxidation sites excluding steroid dienone is 4. The third kappa shape index (κ3) is 7.56. The lowest BCUT2D eigenvalue weighted by atomic mass is 10.0. The Morgan fingerprint density at radius 3 is 0.940 bits per heavy atom. The van der Waals surface area contributed by atoms with Crippen molar-refractivity contribution in [1.82, 2.24) is 0 Å². The summed E-state index contributed by atoms with van der Waals surface area (Å²) in [4.78, 5) is 4.30. The monoisotopic (exact) mass is 642 g/mol. The van der Waals surface area contributed by atoms with Gasteiger partial charge in [-0.15, -0.1) is 0 Å². The standard InChI is InChI=1S/C42H26N8/c43-23-35(24-44)41(27-47)33-15-19-39(20-16-33)49(37-7-3-1-4-8-37)29-31-11-13-32(14-12-31)30-50(38-9-5-2-6-10-38)40-21-17-34(18-22-40)42(28-48)36(25-45)26-46/h1-22H,29-30H2. The molecule has 0 aromatic heterocycles. The first-order valence-corrected chi connectivity index (χ1v) is 15.4. The lowest BCUT2D eigenvalue weighted by Crippen LogP contribution is -2.17. The number of nitrogens with zero attached hydrogens (tertiary/aromatic N) is 8. The van der Waals surface area contributed by atoms with Crippen LogP contribution < -0.4 is 9.80 Å². The van der Waals surface area contributed by atoms with Gasteiger partial charge < -0.3 is 9.80 Å². The number of rotatable bonds is 10. The van der Waals surface area contributed by atoms with Crippen molar-refractivity contribution < 1.29 is 0 Å². The minimum Gasteiger partial charge on any atom is -0.337 e. The summed E-state index contributed by atoms with van der Waals surface area (Å²) in [5, 5.41) is 56.3. The molecule has 0 aliphatic heterocycles. The molecule has 0 N–H and O–H groups in total. The largest absolute Gasteiger partial charge is 0.337 e. The van der Waals surface area contributed by atoms with Crippen LogP contribution in [-0.4, -0.2) is 0 Å². The van der Waals surface area contributed by atoms with Gasteiger partial charge in [-0.25, -0.2) is 0 Å². The molecule has 0 heterocycles. The molecule has 5 aromatic rings. The summed E-state index contributed by atoms with van der Waals surface area (Å²) in [7, 11) is 0. The molecule has 0 saturated heterocycles. The molecule has 0 spiro atoms. The van der Waals surface area contributed by atoms with Gasteiger partial charge in [0.2, 0.25) is 0 Å². The molecule has 0 aliphatic carbocycles. The summed E-state index contributed by atoms with van der Waals surface area (Å²) in [6.07, 6.45) is 0. The summed E-state index contributed by atoms with van der Waals surface area (Å²) in [5.41, 5.74) is 6.46. The zero-order valence-corrected chi connectivity index (χ0v) is 26.7. The predicted octanol–water partition coefficient (Wildman–Crippen LogP) is 9.01. The minimum absolute atomic E-state index is 0.0415. The van der Waals surface area contributed by atoms with E-state index in [-0.39, 0.29) is 22.3 Å². The van der Waals surface area contributed by atoms with E-state index in [1.807, 2.05) is 97.1 Å². The fourth-order valence-electron chi connectivity index (χ4n) is 5.41. The van der Waals surface area contributed by atoms with E-state index in [0.717, 1.165) is 33.9 Å². The van der Waals surface area contributed by atoms with Gasteiger partial charge in [-0.2, -0.15) is 31.6 Å². The van der Waals surface area contributed by atoms with Crippen LogP contribution in [0.15, 0.2) is 145 Å². The van der Waals surface area contributed by atoms with Crippen LogP contribution in [0.5, 0.6) is 0 Å². The first-order chi connectivity index (χ1) is 24.5. The number of benzene rings is 5. The molecule has 8 nitrogen and oxygen atoms in total. The molecule has 5 aromatic carbocycles. The molecule has 0 saturated carbocycles. The molecular formula is C42H26N8. The number of para-hydroxylation sites is 2. The number of hydrogen-bond donors (Lipinski definition) is 0. The molecule has 0 amide bonds. The van der Waals surface area contributed by atoms with Crippen LogP contribution in [0.2, 0.25) is 0 Å². The van der Waals surface area contributed by atoms with Crippen LogP contribution in [0.3, 0.4) is 0 Å². The van der Waals surface area contributed by atoms with Crippen molar-refractivity contribution in [2.45, 2.75) is 13.1 Å². The Bertz CT molecular complexity index is 2100. The van der Waals surface area contributed by atoms with Gasteiger partial charge in [0.15, 0.2) is 0 Å². The number of hydrogen-bond acceptors (Lipinski definition) is 8. The van der Waals surface area contributed by atoms with Crippen molar-refractivity contribution in [3.8, 4) is 36.4 Å². The molecule has 0 fully saturated rings. The molecule has 0 bridgehead atoms. The first kappa shape index (κ1) is 33.5. The lowest BCUT2D eigenvalue weighted by molar-refractivity contribution is 0.954. The van der Waals surface area contributed by atoms with Gasteiger partial charge in [0.05, 0.1) is 11.1 Å². The SMILES string of the molecule is N#CC(C#N)=C(C#N)c1ccc(N(Cc2ccc(CN(c3ccccc3)c3ccc(C(C#N)=C(C#N)C#N)cc3)cc2)c2ccccc2)cc1. The summed E-state index contributed by atoms with van der Waals surface area (Å²) in [6, 6.07) is 53.9. The van der Waals surface area contributed by atoms with Crippen LogP contribution in [0.4, 0.5) is 22.7 Å². The second-order valence-electron chi connectivity index (χ2n) is 10.9. The van der Waals surface area contributed by atoms with Gasteiger partial charge in [-0.1, -0.05) is 84.9 Å². The van der Waals surface area contributed by atoms with E-state index in [1.54, 1.807) is 48.5 Å². The third-order valence-corrected chi connectivity index (χ3v) is 7.95. The van der Waals surface area contributed by atoms with Crippen LogP contribution in [0, 0.1) is 68.0 Å². The van der Waals surface area contributed by atoms with Crippen molar-refractivity contribution in [3.05, 3.63) is 167 Å². The Kier molecular flexibility index (Phi) is 10.8. The quantitative estimate of drug-likeness (QED) is 0.137. The average molecular weight is 643 g/mol. The number of nitriles is 6. The van der Waals surface area contributed by atoms with Crippen LogP contribution >= 0.6 is 0 Å². The van der Waals surface area contributed by atoms with Crippen molar-refractivity contribution in [3.63, 3.8) is 0 Å². The molecule has 0 unspecified atom stereocenters. The summed E-state index contributed by atoms with van der Waals surface area (Å²) >= 11 is 0. The van der Waals surface area contributed by atoms with Gasteiger partial charge in [-0.05, 0) is 70.8 Å². The van der Waals surface area contributed by atoms with Gasteiger partial charge in [-0.3, -0.25) is 0 Å². The molecule has 0 aliphatic rings. The smallest absolute Gasteiger partial charge is 0.148 e. The van der Waals surface area contributed by atoms with E-state index in [2.05, 4.69) is 34.1 Å². The van der Waals surface area contributed by atoms with Crippen molar-refractivity contribution >= 4 is 33.9 Å². The highest BCUT2D eigenvalue weighted by Gasteiger charge is 2.16. The third-order valence-electron chi connectivity index (χ3n) is 7.95. The molecule has 8 heteroatoms. The van der Waals surface area contributed by atoms with E-state index < -0.39 is 0 Å². The lowest BCUT2D eigenvalue weighted by Gasteiger charge is -2.27. The highest BCUT2D eigenvalue weighted by Crippen LogP contribution is 2.32. The van der Waals surface area contributed by atoms with Crippen molar-refractivity contribution in [2.75, 3.05) is 9.80 Å². The van der Waals surface area contributed by atoms with Crippen molar-refractivity contribution in [2.24, 2.45) is 0 Å². The maximum atomic E-state index is 9.59. The zero-order valence-electron chi connectivity index (χ0n) is 26.7. The van der Waals surface area contributed by atoms with Crippen LogP contribution in [0.25, 0.3) is 11.1 Å². The van der Waals surface area contributed by atoms with Crippen molar-refractivity contribution in [1.29, 1.82) is 31.6 Å². The Morgan fingerprint density at radius 2 is 0.660 bits per heavy atom. The Labute approximate surface area is 291 Å². The fourth-order valence-corrected chi connectivity index (χ4v) is 5.41. The van der Waals surface area contributed by atoms with Gasteiger partial charge in [0, 0.05) is 35.8 Å². The highest BCUT2D eigenvalue weighted by atomic mass is 15.1. The van der Waals surface area contributed by atoms with E-state index in [1.165, 1.54) is 0 Å². The highest BCUT2D eigenvalue weighted by molar-refractivity contribution is 5.86. The second kappa shape index (κ2) is 16.1. The maximum Gasteiger partial charge on any atom is 0.148 e. The molecule has 50 heavy (non-hydrogen) atoms. The predicted molar refractivity (Wildman–Crippen MR) is 191 cm³/mol.